The van der Waals surface area contributed by atoms with Gasteiger partial charge in [-0.1, -0.05) is 25.3 Å². The minimum Gasteiger partial charge on any atom is -0.390 e. The van der Waals surface area contributed by atoms with Crippen molar-refractivity contribution in [1.29, 1.82) is 0 Å². The van der Waals surface area contributed by atoms with E-state index in [1.165, 1.54) is 12.8 Å². The third-order valence-corrected chi connectivity index (χ3v) is 3.87. The second kappa shape index (κ2) is 6.55. The molecule has 3 unspecified atom stereocenters. The van der Waals surface area contributed by atoms with E-state index < -0.39 is 0 Å². The van der Waals surface area contributed by atoms with E-state index in [9.17, 15) is 5.11 Å². The number of hydrogen-bond donors (Lipinski definition) is 1. The fourth-order valence-electron chi connectivity index (χ4n) is 3.01. The molecule has 0 heterocycles. The Bertz CT molecular complexity index is 245. The molecule has 0 aromatic heterocycles. The van der Waals surface area contributed by atoms with Gasteiger partial charge in [-0.05, 0) is 45.4 Å². The molecule has 0 saturated heterocycles. The second-order valence-corrected chi connectivity index (χ2v) is 5.71. The highest BCUT2D eigenvalue weighted by Gasteiger charge is 2.41. The smallest absolute Gasteiger partial charge is 0.0942 e. The average molecular weight is 240 g/mol. The van der Waals surface area contributed by atoms with Gasteiger partial charge in [-0.25, -0.2) is 0 Å². The quantitative estimate of drug-likeness (QED) is 0.717. The SMILES string of the molecule is C=C(C)CCC(O)C1(OCC)CCCC(C)C1. The van der Waals surface area contributed by atoms with E-state index in [1.807, 2.05) is 13.8 Å². The summed E-state index contributed by atoms with van der Waals surface area (Å²) in [5.74, 6) is 0.662. The Kier molecular flexibility index (Phi) is 5.68. The third-order valence-electron chi connectivity index (χ3n) is 3.87. The van der Waals surface area contributed by atoms with Crippen LogP contribution in [-0.2, 0) is 4.74 Å². The van der Waals surface area contributed by atoms with Crippen molar-refractivity contribution in [2.24, 2.45) is 5.92 Å². The average Bonchev–Trinajstić information content (AvgIpc) is 2.26. The zero-order valence-corrected chi connectivity index (χ0v) is 11.7. The first-order valence-electron chi connectivity index (χ1n) is 6.96. The van der Waals surface area contributed by atoms with E-state index in [-0.39, 0.29) is 11.7 Å². The van der Waals surface area contributed by atoms with Gasteiger partial charge in [0.15, 0.2) is 0 Å². The fourth-order valence-corrected chi connectivity index (χ4v) is 3.01. The minimum atomic E-state index is -0.345. The van der Waals surface area contributed by atoms with E-state index >= 15 is 0 Å². The maximum Gasteiger partial charge on any atom is 0.0942 e. The molecule has 3 atom stereocenters. The Morgan fingerprint density at radius 3 is 2.82 bits per heavy atom. The first-order valence-corrected chi connectivity index (χ1v) is 6.96. The van der Waals surface area contributed by atoms with Crippen LogP contribution >= 0.6 is 0 Å². The Balaban J connectivity index is 2.64. The molecule has 1 aliphatic rings. The van der Waals surface area contributed by atoms with Gasteiger partial charge in [-0.3, -0.25) is 0 Å². The molecule has 1 fully saturated rings. The molecular formula is C15H28O2. The van der Waals surface area contributed by atoms with Crippen LogP contribution in [0, 0.1) is 5.92 Å². The highest BCUT2D eigenvalue weighted by atomic mass is 16.5. The summed E-state index contributed by atoms with van der Waals surface area (Å²) in [4.78, 5) is 0. The highest BCUT2D eigenvalue weighted by Crippen LogP contribution is 2.39. The van der Waals surface area contributed by atoms with Gasteiger partial charge < -0.3 is 9.84 Å². The molecule has 0 radical (unpaired) electrons. The predicted molar refractivity (Wildman–Crippen MR) is 72.0 cm³/mol. The molecule has 1 aliphatic carbocycles. The summed E-state index contributed by atoms with van der Waals surface area (Å²) in [5, 5.41) is 10.5. The van der Waals surface area contributed by atoms with Gasteiger partial charge in [-0.2, -0.15) is 0 Å². The van der Waals surface area contributed by atoms with Crippen LogP contribution in [0.25, 0.3) is 0 Å². The molecule has 1 rings (SSSR count). The van der Waals surface area contributed by atoms with Crippen molar-refractivity contribution < 1.29 is 9.84 Å². The van der Waals surface area contributed by atoms with Gasteiger partial charge in [0, 0.05) is 6.61 Å². The van der Waals surface area contributed by atoms with Crippen molar-refractivity contribution >= 4 is 0 Å². The van der Waals surface area contributed by atoms with Crippen LogP contribution in [0.5, 0.6) is 0 Å². The molecule has 17 heavy (non-hydrogen) atoms. The van der Waals surface area contributed by atoms with Crippen molar-refractivity contribution in [3.05, 3.63) is 12.2 Å². The van der Waals surface area contributed by atoms with Crippen LogP contribution in [0.2, 0.25) is 0 Å². The molecule has 0 aromatic carbocycles. The lowest BCUT2D eigenvalue weighted by Gasteiger charge is -2.43. The summed E-state index contributed by atoms with van der Waals surface area (Å²) in [5.41, 5.74) is 0.849. The highest BCUT2D eigenvalue weighted by molar-refractivity contribution is 4.96. The summed E-state index contributed by atoms with van der Waals surface area (Å²) in [6, 6.07) is 0. The van der Waals surface area contributed by atoms with Crippen LogP contribution < -0.4 is 0 Å². The molecule has 1 saturated carbocycles. The van der Waals surface area contributed by atoms with Crippen LogP contribution in [0.15, 0.2) is 12.2 Å². The second-order valence-electron chi connectivity index (χ2n) is 5.71. The monoisotopic (exact) mass is 240 g/mol. The topological polar surface area (TPSA) is 29.5 Å². The number of rotatable bonds is 6. The Hall–Kier alpha value is -0.340. The van der Waals surface area contributed by atoms with Gasteiger partial charge in [0.25, 0.3) is 0 Å². The summed E-state index contributed by atoms with van der Waals surface area (Å²) in [6.45, 7) is 10.9. The number of allylic oxidation sites excluding steroid dienone is 1. The number of hydrogen-bond acceptors (Lipinski definition) is 2. The maximum absolute atomic E-state index is 10.5. The summed E-state index contributed by atoms with van der Waals surface area (Å²) in [7, 11) is 0. The van der Waals surface area contributed by atoms with Crippen LogP contribution in [0.3, 0.4) is 0 Å². The standard InChI is InChI=1S/C15H28O2/c1-5-17-15(10-6-7-13(4)11-15)14(16)9-8-12(2)3/h13-14,16H,2,5-11H2,1,3-4H3. The molecule has 100 valence electrons. The lowest BCUT2D eigenvalue weighted by atomic mass is 9.74. The van der Waals surface area contributed by atoms with Crippen molar-refractivity contribution in [2.45, 2.75) is 71.0 Å². The molecule has 0 amide bonds. The molecule has 0 aromatic rings. The van der Waals surface area contributed by atoms with Crippen LogP contribution in [0.4, 0.5) is 0 Å². The van der Waals surface area contributed by atoms with Crippen molar-refractivity contribution in [3.8, 4) is 0 Å². The Morgan fingerprint density at radius 1 is 1.59 bits per heavy atom. The number of aliphatic hydroxyl groups is 1. The van der Waals surface area contributed by atoms with Crippen molar-refractivity contribution in [2.75, 3.05) is 6.61 Å². The third kappa shape index (κ3) is 4.11. The van der Waals surface area contributed by atoms with E-state index in [0.29, 0.717) is 12.5 Å². The molecular weight excluding hydrogens is 212 g/mol. The summed E-state index contributed by atoms with van der Waals surface area (Å²) < 4.78 is 5.96. The normalized spacial score (nSPS) is 31.2. The van der Waals surface area contributed by atoms with Crippen molar-refractivity contribution in [3.63, 3.8) is 0 Å². The summed E-state index contributed by atoms with van der Waals surface area (Å²) >= 11 is 0. The molecule has 2 nitrogen and oxygen atoms in total. The minimum absolute atomic E-state index is 0.290. The van der Waals surface area contributed by atoms with Gasteiger partial charge in [0.1, 0.15) is 0 Å². The molecule has 1 N–H and O–H groups in total. The molecule has 0 aliphatic heterocycles. The Morgan fingerprint density at radius 2 is 2.29 bits per heavy atom. The zero-order chi connectivity index (χ0) is 12.9. The van der Waals surface area contributed by atoms with Gasteiger partial charge in [0.2, 0.25) is 0 Å². The lowest BCUT2D eigenvalue weighted by molar-refractivity contribution is -0.149. The van der Waals surface area contributed by atoms with E-state index in [2.05, 4.69) is 13.5 Å². The van der Waals surface area contributed by atoms with E-state index in [1.54, 1.807) is 0 Å². The molecule has 0 bridgehead atoms. The first-order chi connectivity index (χ1) is 8.00. The lowest BCUT2D eigenvalue weighted by Crippen LogP contribution is -2.48. The fraction of sp³-hybridized carbons (Fsp3) is 0.867. The van der Waals surface area contributed by atoms with Crippen molar-refractivity contribution in [1.82, 2.24) is 0 Å². The van der Waals surface area contributed by atoms with Crippen LogP contribution in [-0.4, -0.2) is 23.4 Å². The van der Waals surface area contributed by atoms with E-state index in [4.69, 9.17) is 4.74 Å². The molecule has 0 spiro atoms. The van der Waals surface area contributed by atoms with Gasteiger partial charge in [0.05, 0.1) is 11.7 Å². The van der Waals surface area contributed by atoms with E-state index in [0.717, 1.165) is 31.3 Å². The largest absolute Gasteiger partial charge is 0.390 e. The maximum atomic E-state index is 10.5. The summed E-state index contributed by atoms with van der Waals surface area (Å²) in [6.07, 6.45) is 5.77. The van der Waals surface area contributed by atoms with Crippen LogP contribution in [0.1, 0.15) is 59.3 Å². The van der Waals surface area contributed by atoms with Gasteiger partial charge in [-0.15, -0.1) is 6.58 Å². The zero-order valence-electron chi connectivity index (χ0n) is 11.7. The first kappa shape index (κ1) is 14.7. The van der Waals surface area contributed by atoms with Gasteiger partial charge >= 0.3 is 0 Å². The number of ether oxygens (including phenoxy) is 1. The number of aliphatic hydroxyl groups excluding tert-OH is 1. The molecule has 2 heteroatoms. The Labute approximate surface area is 106 Å². The predicted octanol–water partition coefficient (Wildman–Crippen LogP) is 3.69.